The van der Waals surface area contributed by atoms with E-state index in [-0.39, 0.29) is 11.5 Å². The highest BCUT2D eigenvalue weighted by atomic mass is 19.1. The zero-order valence-corrected chi connectivity index (χ0v) is 11.4. The van der Waals surface area contributed by atoms with Gasteiger partial charge in [-0.05, 0) is 49.4 Å². The summed E-state index contributed by atoms with van der Waals surface area (Å²) < 4.78 is 26.6. The molecule has 0 radical (unpaired) electrons. The Morgan fingerprint density at radius 3 is 2.33 bits per heavy atom. The number of carbonyl (C=O) groups excluding carboxylic acids is 1. The van der Waals surface area contributed by atoms with Gasteiger partial charge in [-0.15, -0.1) is 0 Å². The third kappa shape index (κ3) is 3.86. The minimum Gasteiger partial charge on any atom is -0.330 e. The largest absolute Gasteiger partial charge is 0.330 e. The van der Waals surface area contributed by atoms with Gasteiger partial charge in [0.05, 0.1) is 0 Å². The van der Waals surface area contributed by atoms with Crippen LogP contribution in [0.4, 0.5) is 14.5 Å². The van der Waals surface area contributed by atoms with Crippen LogP contribution in [0, 0.1) is 11.6 Å². The number of rotatable bonds is 5. The molecule has 2 rings (SSSR count). The Morgan fingerprint density at radius 2 is 1.71 bits per heavy atom. The maximum absolute atomic E-state index is 13.4. The Balaban J connectivity index is 2.33. The topological polar surface area (TPSA) is 46.3 Å². The molecule has 0 bridgehead atoms. The molecule has 0 saturated carbocycles. The van der Waals surface area contributed by atoms with E-state index >= 15 is 0 Å². The normalized spacial score (nSPS) is 10.4. The highest BCUT2D eigenvalue weighted by Gasteiger charge is 2.18. The highest BCUT2D eigenvalue weighted by molar-refractivity contribution is 6.06. The minimum atomic E-state index is -0.487. The van der Waals surface area contributed by atoms with Gasteiger partial charge in [0.2, 0.25) is 0 Å². The number of amides is 1. The molecule has 21 heavy (non-hydrogen) atoms. The lowest BCUT2D eigenvalue weighted by atomic mass is 10.1. The van der Waals surface area contributed by atoms with Crippen molar-refractivity contribution in [3.8, 4) is 0 Å². The number of benzene rings is 2. The molecule has 0 fully saturated rings. The third-order valence-corrected chi connectivity index (χ3v) is 3.02. The summed E-state index contributed by atoms with van der Waals surface area (Å²) >= 11 is 0. The number of hydrogen-bond donors (Lipinski definition) is 1. The maximum atomic E-state index is 13.4. The number of hydrogen-bond acceptors (Lipinski definition) is 2. The molecule has 110 valence electrons. The summed E-state index contributed by atoms with van der Waals surface area (Å²) in [6.45, 7) is 0.748. The molecule has 0 aliphatic heterocycles. The zero-order valence-electron chi connectivity index (χ0n) is 11.4. The number of nitrogens with zero attached hydrogens (tertiary/aromatic N) is 1. The summed E-state index contributed by atoms with van der Waals surface area (Å²) in [6, 6.07) is 11.2. The lowest BCUT2D eigenvalue weighted by molar-refractivity contribution is 0.0986. The molecule has 0 aliphatic carbocycles. The second-order valence-corrected chi connectivity index (χ2v) is 4.59. The molecular formula is C16H16F2N2O. The summed E-state index contributed by atoms with van der Waals surface area (Å²) in [4.78, 5) is 13.9. The highest BCUT2D eigenvalue weighted by Crippen LogP contribution is 2.19. The summed E-state index contributed by atoms with van der Waals surface area (Å²) in [5.41, 5.74) is 6.12. The molecule has 0 heterocycles. The molecule has 0 unspecified atom stereocenters. The molecule has 0 spiro atoms. The lowest BCUT2D eigenvalue weighted by Crippen LogP contribution is -2.33. The number of anilines is 1. The fourth-order valence-corrected chi connectivity index (χ4v) is 2.02. The van der Waals surface area contributed by atoms with Crippen molar-refractivity contribution in [2.24, 2.45) is 5.73 Å². The quantitative estimate of drug-likeness (QED) is 0.920. The van der Waals surface area contributed by atoms with Gasteiger partial charge in [0.25, 0.3) is 5.91 Å². The second-order valence-electron chi connectivity index (χ2n) is 4.59. The molecule has 3 nitrogen and oxygen atoms in total. The van der Waals surface area contributed by atoms with Crippen LogP contribution in [0.15, 0.2) is 48.5 Å². The molecule has 0 saturated heterocycles. The van der Waals surface area contributed by atoms with Gasteiger partial charge in [-0.25, -0.2) is 8.78 Å². The zero-order chi connectivity index (χ0) is 15.2. The van der Waals surface area contributed by atoms with Crippen LogP contribution in [0.2, 0.25) is 0 Å². The van der Waals surface area contributed by atoms with Crippen LogP contribution in [-0.4, -0.2) is 19.0 Å². The Bertz CT molecular complexity index is 631. The van der Waals surface area contributed by atoms with Crippen LogP contribution in [0.3, 0.4) is 0 Å². The molecule has 2 aromatic carbocycles. The van der Waals surface area contributed by atoms with E-state index in [9.17, 15) is 13.6 Å². The van der Waals surface area contributed by atoms with Crippen molar-refractivity contribution in [1.29, 1.82) is 0 Å². The van der Waals surface area contributed by atoms with Gasteiger partial charge in [0.15, 0.2) is 0 Å². The molecule has 0 aliphatic rings. The van der Waals surface area contributed by atoms with Crippen molar-refractivity contribution in [2.45, 2.75) is 6.42 Å². The average Bonchev–Trinajstić information content (AvgIpc) is 2.47. The molecule has 5 heteroatoms. The fourth-order valence-electron chi connectivity index (χ4n) is 2.02. The van der Waals surface area contributed by atoms with Crippen LogP contribution in [0.25, 0.3) is 0 Å². The van der Waals surface area contributed by atoms with Crippen LogP contribution >= 0.6 is 0 Å². The summed E-state index contributed by atoms with van der Waals surface area (Å²) in [5.74, 6) is -1.30. The van der Waals surface area contributed by atoms with Gasteiger partial charge >= 0.3 is 0 Å². The summed E-state index contributed by atoms with van der Waals surface area (Å²) in [7, 11) is 0. The predicted molar refractivity (Wildman–Crippen MR) is 78.1 cm³/mol. The molecule has 1 amide bonds. The summed E-state index contributed by atoms with van der Waals surface area (Å²) in [6.07, 6.45) is 0.567. The van der Waals surface area contributed by atoms with E-state index in [4.69, 9.17) is 5.73 Å². The molecule has 0 aromatic heterocycles. The van der Waals surface area contributed by atoms with Crippen LogP contribution in [0.5, 0.6) is 0 Å². The number of nitrogens with two attached hydrogens (primary N) is 1. The predicted octanol–water partition coefficient (Wildman–Crippen LogP) is 2.96. The Morgan fingerprint density at radius 1 is 1.05 bits per heavy atom. The fraction of sp³-hybridized carbons (Fsp3) is 0.188. The smallest absolute Gasteiger partial charge is 0.258 e. The first-order valence-electron chi connectivity index (χ1n) is 6.65. The van der Waals surface area contributed by atoms with Crippen LogP contribution in [-0.2, 0) is 0 Å². The van der Waals surface area contributed by atoms with Crippen molar-refractivity contribution in [3.05, 3.63) is 65.7 Å². The van der Waals surface area contributed by atoms with Gasteiger partial charge in [0.1, 0.15) is 11.6 Å². The van der Waals surface area contributed by atoms with Gasteiger partial charge in [-0.3, -0.25) is 4.79 Å². The van der Waals surface area contributed by atoms with E-state index in [0.717, 1.165) is 6.07 Å². The Kier molecular flexibility index (Phi) is 5.00. The maximum Gasteiger partial charge on any atom is 0.258 e. The van der Waals surface area contributed by atoms with Gasteiger partial charge < -0.3 is 10.6 Å². The minimum absolute atomic E-state index is 0.219. The van der Waals surface area contributed by atoms with Crippen molar-refractivity contribution in [3.63, 3.8) is 0 Å². The SMILES string of the molecule is NCCCN(C(=O)c1cccc(F)c1)c1cccc(F)c1. The molecule has 2 aromatic rings. The number of carbonyl (C=O) groups is 1. The molecular weight excluding hydrogens is 274 g/mol. The molecule has 2 N–H and O–H groups in total. The van der Waals surface area contributed by atoms with E-state index in [1.54, 1.807) is 6.07 Å². The van der Waals surface area contributed by atoms with Crippen molar-refractivity contribution < 1.29 is 13.6 Å². The van der Waals surface area contributed by atoms with Crippen molar-refractivity contribution >= 4 is 11.6 Å². The monoisotopic (exact) mass is 290 g/mol. The van der Waals surface area contributed by atoms with Crippen molar-refractivity contribution in [1.82, 2.24) is 0 Å². The third-order valence-electron chi connectivity index (χ3n) is 3.02. The van der Waals surface area contributed by atoms with E-state index < -0.39 is 11.6 Å². The van der Waals surface area contributed by atoms with Gasteiger partial charge in [-0.2, -0.15) is 0 Å². The Labute approximate surface area is 122 Å². The molecule has 0 atom stereocenters. The van der Waals surface area contributed by atoms with E-state index in [0.29, 0.717) is 25.2 Å². The van der Waals surface area contributed by atoms with E-state index in [1.165, 1.54) is 41.3 Å². The van der Waals surface area contributed by atoms with Crippen LogP contribution < -0.4 is 10.6 Å². The van der Waals surface area contributed by atoms with Crippen LogP contribution in [0.1, 0.15) is 16.8 Å². The first kappa shape index (κ1) is 15.1. The van der Waals surface area contributed by atoms with Gasteiger partial charge in [-0.1, -0.05) is 12.1 Å². The Hall–Kier alpha value is -2.27. The first-order valence-corrected chi connectivity index (χ1v) is 6.65. The second kappa shape index (κ2) is 6.95. The number of halogens is 2. The standard InChI is InChI=1S/C16H16F2N2O/c17-13-5-1-4-12(10-13)16(21)20(9-3-8-19)15-7-2-6-14(18)11-15/h1-2,4-7,10-11H,3,8-9,19H2. The van der Waals surface area contributed by atoms with Gasteiger partial charge in [0, 0.05) is 17.8 Å². The van der Waals surface area contributed by atoms with Crippen molar-refractivity contribution in [2.75, 3.05) is 18.0 Å². The first-order chi connectivity index (χ1) is 10.1. The van der Waals surface area contributed by atoms with E-state index in [2.05, 4.69) is 0 Å². The lowest BCUT2D eigenvalue weighted by Gasteiger charge is -2.23. The van der Waals surface area contributed by atoms with E-state index in [1.807, 2.05) is 0 Å². The summed E-state index contributed by atoms with van der Waals surface area (Å²) in [5, 5.41) is 0. The average molecular weight is 290 g/mol.